The molecule has 0 bridgehead atoms. The number of hydrogen-bond donors (Lipinski definition) is 2. The van der Waals surface area contributed by atoms with Crippen LogP contribution >= 0.6 is 0 Å². The van der Waals surface area contributed by atoms with Gasteiger partial charge in [-0.15, -0.1) is 0 Å². The molecule has 1 atom stereocenters. The summed E-state index contributed by atoms with van der Waals surface area (Å²) in [6, 6.07) is 2.30. The molecular weight excluding hydrogens is 178 g/mol. The van der Waals surface area contributed by atoms with Gasteiger partial charge in [0.05, 0.1) is 0 Å². The van der Waals surface area contributed by atoms with Crippen molar-refractivity contribution in [3.8, 4) is 6.07 Å². The van der Waals surface area contributed by atoms with Gasteiger partial charge in [-0.1, -0.05) is 0 Å². The lowest BCUT2D eigenvalue weighted by Gasteiger charge is -2.11. The molecule has 0 saturated carbocycles. The number of aromatic nitrogens is 2. The van der Waals surface area contributed by atoms with Crippen LogP contribution in [0, 0.1) is 11.3 Å². The number of nitrogens with one attached hydrogen (secondary N) is 2. The van der Waals surface area contributed by atoms with Crippen LogP contribution in [0.3, 0.4) is 0 Å². The van der Waals surface area contributed by atoms with Crippen LogP contribution in [0.5, 0.6) is 0 Å². The van der Waals surface area contributed by atoms with E-state index in [1.54, 1.807) is 6.20 Å². The molecule has 14 heavy (non-hydrogen) atoms. The first kappa shape index (κ1) is 10.4. The summed E-state index contributed by atoms with van der Waals surface area (Å²) >= 11 is 0. The van der Waals surface area contributed by atoms with E-state index < -0.39 is 0 Å². The first-order valence-corrected chi connectivity index (χ1v) is 4.40. The molecule has 0 aliphatic carbocycles. The molecular formula is C9H13N5. The van der Waals surface area contributed by atoms with E-state index in [9.17, 15) is 0 Å². The number of hydrogen-bond acceptors (Lipinski definition) is 5. The second-order valence-corrected chi connectivity index (χ2v) is 2.94. The van der Waals surface area contributed by atoms with Crippen LogP contribution in [-0.4, -0.2) is 29.6 Å². The zero-order chi connectivity index (χ0) is 10.4. The van der Waals surface area contributed by atoms with Crippen LogP contribution in [-0.2, 0) is 0 Å². The molecule has 0 aliphatic rings. The van der Waals surface area contributed by atoms with E-state index in [1.165, 1.54) is 6.20 Å². The van der Waals surface area contributed by atoms with Crippen molar-refractivity contribution in [1.82, 2.24) is 15.3 Å². The lowest BCUT2D eigenvalue weighted by atomic mass is 10.3. The Balaban J connectivity index is 2.63. The predicted molar refractivity (Wildman–Crippen MR) is 53.8 cm³/mol. The highest BCUT2D eigenvalue weighted by molar-refractivity contribution is 5.46. The SMILES string of the molecule is CNC(C)CNc1nccnc1C#N. The van der Waals surface area contributed by atoms with Crippen molar-refractivity contribution in [3.05, 3.63) is 18.1 Å². The van der Waals surface area contributed by atoms with Gasteiger partial charge in [-0.3, -0.25) is 0 Å². The summed E-state index contributed by atoms with van der Waals surface area (Å²) in [6.07, 6.45) is 3.07. The van der Waals surface area contributed by atoms with Crippen molar-refractivity contribution in [1.29, 1.82) is 5.26 Å². The minimum atomic E-state index is 0.323. The van der Waals surface area contributed by atoms with E-state index >= 15 is 0 Å². The van der Waals surface area contributed by atoms with Gasteiger partial charge in [-0.25, -0.2) is 9.97 Å². The monoisotopic (exact) mass is 191 g/mol. The van der Waals surface area contributed by atoms with Gasteiger partial charge in [-0.2, -0.15) is 5.26 Å². The molecule has 1 heterocycles. The van der Waals surface area contributed by atoms with Crippen LogP contribution < -0.4 is 10.6 Å². The Morgan fingerprint density at radius 3 is 2.86 bits per heavy atom. The smallest absolute Gasteiger partial charge is 0.182 e. The molecule has 74 valence electrons. The van der Waals surface area contributed by atoms with E-state index in [0.29, 0.717) is 24.1 Å². The summed E-state index contributed by atoms with van der Waals surface area (Å²) < 4.78 is 0. The number of nitrogens with zero attached hydrogens (tertiary/aromatic N) is 3. The Morgan fingerprint density at radius 1 is 1.50 bits per heavy atom. The molecule has 0 fully saturated rings. The Bertz CT molecular complexity index is 330. The number of anilines is 1. The summed E-state index contributed by atoms with van der Waals surface area (Å²) in [5.74, 6) is 0.539. The fourth-order valence-corrected chi connectivity index (χ4v) is 0.901. The van der Waals surface area contributed by atoms with Gasteiger partial charge >= 0.3 is 0 Å². The van der Waals surface area contributed by atoms with E-state index in [4.69, 9.17) is 5.26 Å². The first-order valence-electron chi connectivity index (χ1n) is 4.40. The van der Waals surface area contributed by atoms with Crippen LogP contribution in [0.15, 0.2) is 12.4 Å². The fraction of sp³-hybridized carbons (Fsp3) is 0.444. The van der Waals surface area contributed by atoms with Crippen LogP contribution in [0.1, 0.15) is 12.6 Å². The fourth-order valence-electron chi connectivity index (χ4n) is 0.901. The van der Waals surface area contributed by atoms with Crippen molar-refractivity contribution >= 4 is 5.82 Å². The molecule has 0 radical (unpaired) electrons. The second kappa shape index (κ2) is 5.14. The second-order valence-electron chi connectivity index (χ2n) is 2.94. The topological polar surface area (TPSA) is 73.6 Å². The van der Waals surface area contributed by atoms with Crippen LogP contribution in [0.25, 0.3) is 0 Å². The molecule has 5 nitrogen and oxygen atoms in total. The van der Waals surface area contributed by atoms with Gasteiger partial charge in [0, 0.05) is 25.0 Å². The molecule has 1 unspecified atom stereocenters. The van der Waals surface area contributed by atoms with Crippen LogP contribution in [0.2, 0.25) is 0 Å². The average Bonchev–Trinajstić information content (AvgIpc) is 2.26. The zero-order valence-electron chi connectivity index (χ0n) is 8.28. The van der Waals surface area contributed by atoms with Crippen molar-refractivity contribution in [2.75, 3.05) is 18.9 Å². The highest BCUT2D eigenvalue weighted by atomic mass is 15.0. The zero-order valence-corrected chi connectivity index (χ0v) is 8.28. The summed E-state index contributed by atoms with van der Waals surface area (Å²) in [7, 11) is 1.88. The molecule has 1 rings (SSSR count). The molecule has 0 aliphatic heterocycles. The Morgan fingerprint density at radius 2 is 2.21 bits per heavy atom. The molecule has 0 saturated heterocycles. The third kappa shape index (κ3) is 2.68. The quantitative estimate of drug-likeness (QED) is 0.719. The van der Waals surface area contributed by atoms with E-state index in [2.05, 4.69) is 20.6 Å². The Hall–Kier alpha value is -1.67. The molecule has 5 heteroatoms. The molecule has 1 aromatic heterocycles. The van der Waals surface area contributed by atoms with Gasteiger partial charge in [0.2, 0.25) is 0 Å². The van der Waals surface area contributed by atoms with Crippen molar-refractivity contribution in [2.24, 2.45) is 0 Å². The largest absolute Gasteiger partial charge is 0.366 e. The van der Waals surface area contributed by atoms with E-state index in [1.807, 2.05) is 20.0 Å². The number of rotatable bonds is 4. The third-order valence-corrected chi connectivity index (χ3v) is 1.87. The molecule has 2 N–H and O–H groups in total. The maximum atomic E-state index is 8.73. The highest BCUT2D eigenvalue weighted by Crippen LogP contribution is 2.05. The predicted octanol–water partition coefficient (Wildman–Crippen LogP) is 0.368. The highest BCUT2D eigenvalue weighted by Gasteiger charge is 2.04. The summed E-state index contributed by atoms with van der Waals surface area (Å²) in [5.41, 5.74) is 0.329. The normalized spacial score (nSPS) is 11.8. The maximum absolute atomic E-state index is 8.73. The summed E-state index contributed by atoms with van der Waals surface area (Å²) in [6.45, 7) is 2.75. The lowest BCUT2D eigenvalue weighted by Crippen LogP contribution is -2.29. The molecule has 0 aromatic carbocycles. The number of likely N-dealkylation sites (N-methyl/N-ethyl adjacent to an activating group) is 1. The van der Waals surface area contributed by atoms with E-state index in [-0.39, 0.29) is 0 Å². The summed E-state index contributed by atoms with van der Waals surface area (Å²) in [4.78, 5) is 7.93. The standard InChI is InChI=1S/C9H13N5/c1-7(11-2)6-14-9-8(5-10)12-3-4-13-9/h3-4,7,11H,6H2,1-2H3,(H,13,14). The first-order chi connectivity index (χ1) is 6.77. The Kier molecular flexibility index (Phi) is 3.83. The average molecular weight is 191 g/mol. The molecule has 0 spiro atoms. The molecule has 0 amide bonds. The minimum Gasteiger partial charge on any atom is -0.366 e. The van der Waals surface area contributed by atoms with Gasteiger partial charge in [0.1, 0.15) is 6.07 Å². The minimum absolute atomic E-state index is 0.323. The van der Waals surface area contributed by atoms with Crippen molar-refractivity contribution < 1.29 is 0 Å². The van der Waals surface area contributed by atoms with Gasteiger partial charge in [0.25, 0.3) is 0 Å². The van der Waals surface area contributed by atoms with Crippen molar-refractivity contribution in [2.45, 2.75) is 13.0 Å². The molecule has 1 aromatic rings. The lowest BCUT2D eigenvalue weighted by molar-refractivity contribution is 0.637. The number of nitriles is 1. The third-order valence-electron chi connectivity index (χ3n) is 1.87. The van der Waals surface area contributed by atoms with Crippen LogP contribution in [0.4, 0.5) is 5.82 Å². The van der Waals surface area contributed by atoms with Gasteiger partial charge < -0.3 is 10.6 Å². The Labute approximate surface area is 83.2 Å². The van der Waals surface area contributed by atoms with Gasteiger partial charge in [-0.05, 0) is 14.0 Å². The van der Waals surface area contributed by atoms with Crippen molar-refractivity contribution in [3.63, 3.8) is 0 Å². The van der Waals surface area contributed by atoms with E-state index in [0.717, 1.165) is 0 Å². The maximum Gasteiger partial charge on any atom is 0.182 e. The summed E-state index contributed by atoms with van der Waals surface area (Å²) in [5, 5.41) is 14.9. The van der Waals surface area contributed by atoms with Gasteiger partial charge in [0.15, 0.2) is 11.5 Å².